The zero-order chi connectivity index (χ0) is 21.7. The highest BCUT2D eigenvalue weighted by molar-refractivity contribution is 5.49. The zero-order valence-electron chi connectivity index (χ0n) is 17.4. The van der Waals surface area contributed by atoms with Crippen molar-refractivity contribution in [2.75, 3.05) is 7.11 Å². The number of nitrogens with one attached hydrogen (secondary N) is 1. The van der Waals surface area contributed by atoms with E-state index in [1.54, 1.807) is 19.1 Å². The van der Waals surface area contributed by atoms with Gasteiger partial charge in [-0.05, 0) is 42.7 Å². The normalized spacial score (nSPS) is 10.5. The SMILES string of the molecule is COc1ccc(Cc2c(C)[nH]c(=O)c(C)c2OCc2ccccc2CN)cc1C#N. The highest BCUT2D eigenvalue weighted by atomic mass is 16.5. The van der Waals surface area contributed by atoms with E-state index in [0.717, 1.165) is 27.9 Å². The van der Waals surface area contributed by atoms with Crippen LogP contribution in [0.3, 0.4) is 0 Å². The molecule has 0 atom stereocenters. The van der Waals surface area contributed by atoms with E-state index in [0.29, 0.717) is 42.2 Å². The molecule has 3 N–H and O–H groups in total. The smallest absolute Gasteiger partial charge is 0.254 e. The van der Waals surface area contributed by atoms with Gasteiger partial charge in [0.15, 0.2) is 0 Å². The third kappa shape index (κ3) is 4.37. The molecule has 0 aliphatic heterocycles. The van der Waals surface area contributed by atoms with Crippen molar-refractivity contribution >= 4 is 0 Å². The molecule has 3 aromatic rings. The fraction of sp³-hybridized carbons (Fsp3) is 0.250. The molecule has 6 heteroatoms. The van der Waals surface area contributed by atoms with E-state index in [1.165, 1.54) is 7.11 Å². The van der Waals surface area contributed by atoms with Crippen LogP contribution in [0, 0.1) is 25.2 Å². The third-order valence-corrected chi connectivity index (χ3v) is 5.18. The molecular formula is C24H25N3O3. The Kier molecular flexibility index (Phi) is 6.55. The van der Waals surface area contributed by atoms with E-state index in [1.807, 2.05) is 37.3 Å². The molecule has 0 bridgehead atoms. The molecule has 0 spiro atoms. The number of aryl methyl sites for hydroxylation is 1. The predicted octanol–water partition coefficient (Wildman–Crippen LogP) is 3.50. The average Bonchev–Trinajstić information content (AvgIpc) is 2.77. The Bertz CT molecular complexity index is 1160. The lowest BCUT2D eigenvalue weighted by molar-refractivity contribution is 0.299. The Labute approximate surface area is 175 Å². The fourth-order valence-electron chi connectivity index (χ4n) is 3.45. The van der Waals surface area contributed by atoms with Gasteiger partial charge in [0, 0.05) is 24.2 Å². The van der Waals surface area contributed by atoms with Gasteiger partial charge in [-0.3, -0.25) is 4.79 Å². The Morgan fingerprint density at radius 1 is 1.13 bits per heavy atom. The Morgan fingerprint density at radius 3 is 2.53 bits per heavy atom. The van der Waals surface area contributed by atoms with Crippen LogP contribution in [0.2, 0.25) is 0 Å². The second-order valence-electron chi connectivity index (χ2n) is 7.10. The second-order valence-corrected chi connectivity index (χ2v) is 7.10. The van der Waals surface area contributed by atoms with Gasteiger partial charge in [0.2, 0.25) is 0 Å². The van der Waals surface area contributed by atoms with Crippen LogP contribution < -0.4 is 20.8 Å². The molecule has 3 rings (SSSR count). The number of H-pyrrole nitrogens is 1. The van der Waals surface area contributed by atoms with Crippen molar-refractivity contribution in [2.24, 2.45) is 5.73 Å². The Morgan fingerprint density at radius 2 is 1.87 bits per heavy atom. The number of rotatable bonds is 7. The van der Waals surface area contributed by atoms with Gasteiger partial charge < -0.3 is 20.2 Å². The summed E-state index contributed by atoms with van der Waals surface area (Å²) in [6.45, 7) is 4.34. The number of nitrogens with two attached hydrogens (primary N) is 1. The van der Waals surface area contributed by atoms with Crippen LogP contribution in [0.25, 0.3) is 0 Å². The van der Waals surface area contributed by atoms with E-state index >= 15 is 0 Å². The molecule has 0 radical (unpaired) electrons. The molecule has 0 unspecified atom stereocenters. The summed E-state index contributed by atoms with van der Waals surface area (Å²) < 4.78 is 11.4. The first-order valence-corrected chi connectivity index (χ1v) is 9.67. The number of nitrogens with zero attached hydrogens (tertiary/aromatic N) is 1. The maximum Gasteiger partial charge on any atom is 0.254 e. The van der Waals surface area contributed by atoms with Gasteiger partial charge in [-0.15, -0.1) is 0 Å². The van der Waals surface area contributed by atoms with Crippen LogP contribution in [-0.4, -0.2) is 12.1 Å². The monoisotopic (exact) mass is 403 g/mol. The summed E-state index contributed by atoms with van der Waals surface area (Å²) in [5, 5.41) is 9.38. The standard InChI is InChI=1S/C24H25N3O3/c1-15-23(30-14-19-7-5-4-6-18(19)12-25)21(16(2)27-24(15)28)11-17-8-9-22(29-3)20(10-17)13-26/h4-10H,11-12,14,25H2,1-3H3,(H,27,28). The number of pyridine rings is 1. The number of aromatic amines is 1. The molecule has 1 heterocycles. The molecule has 30 heavy (non-hydrogen) atoms. The summed E-state index contributed by atoms with van der Waals surface area (Å²) in [7, 11) is 1.54. The lowest BCUT2D eigenvalue weighted by Gasteiger charge is -2.17. The molecule has 154 valence electrons. The van der Waals surface area contributed by atoms with Gasteiger partial charge in [-0.25, -0.2) is 0 Å². The van der Waals surface area contributed by atoms with Gasteiger partial charge in [-0.2, -0.15) is 5.26 Å². The molecule has 2 aromatic carbocycles. The van der Waals surface area contributed by atoms with Crippen molar-refractivity contribution in [2.45, 2.75) is 33.4 Å². The maximum absolute atomic E-state index is 12.4. The van der Waals surface area contributed by atoms with Crippen LogP contribution in [-0.2, 0) is 19.6 Å². The Hall–Kier alpha value is -3.56. The molecule has 0 fully saturated rings. The summed E-state index contributed by atoms with van der Waals surface area (Å²) in [6, 6.07) is 15.5. The van der Waals surface area contributed by atoms with Crippen molar-refractivity contribution in [1.82, 2.24) is 4.98 Å². The zero-order valence-corrected chi connectivity index (χ0v) is 17.4. The summed E-state index contributed by atoms with van der Waals surface area (Å²) in [5.74, 6) is 1.10. The van der Waals surface area contributed by atoms with E-state index in [2.05, 4.69) is 11.1 Å². The van der Waals surface area contributed by atoms with Gasteiger partial charge >= 0.3 is 0 Å². The number of nitriles is 1. The topological polar surface area (TPSA) is 101 Å². The Balaban J connectivity index is 1.98. The van der Waals surface area contributed by atoms with Crippen LogP contribution >= 0.6 is 0 Å². The highest BCUT2D eigenvalue weighted by Gasteiger charge is 2.16. The van der Waals surface area contributed by atoms with Crippen molar-refractivity contribution in [1.29, 1.82) is 5.26 Å². The average molecular weight is 403 g/mol. The van der Waals surface area contributed by atoms with E-state index < -0.39 is 0 Å². The minimum absolute atomic E-state index is 0.175. The van der Waals surface area contributed by atoms with E-state index in [9.17, 15) is 10.1 Å². The molecule has 0 aliphatic carbocycles. The third-order valence-electron chi connectivity index (χ3n) is 5.18. The minimum Gasteiger partial charge on any atom is -0.495 e. The van der Waals surface area contributed by atoms with Crippen LogP contribution in [0.4, 0.5) is 0 Å². The number of aromatic nitrogens is 1. The number of ether oxygens (including phenoxy) is 2. The van der Waals surface area contributed by atoms with Crippen molar-refractivity contribution in [3.63, 3.8) is 0 Å². The number of hydrogen-bond acceptors (Lipinski definition) is 5. The quantitative estimate of drug-likeness (QED) is 0.629. The number of methoxy groups -OCH3 is 1. The molecule has 0 saturated heterocycles. The lowest BCUT2D eigenvalue weighted by Crippen LogP contribution is -2.17. The number of hydrogen-bond donors (Lipinski definition) is 2. The summed E-state index contributed by atoms with van der Waals surface area (Å²) in [6.07, 6.45) is 0.510. The van der Waals surface area contributed by atoms with Crippen molar-refractivity contribution < 1.29 is 9.47 Å². The molecule has 0 amide bonds. The van der Waals surface area contributed by atoms with E-state index in [-0.39, 0.29) is 5.56 Å². The van der Waals surface area contributed by atoms with Crippen LogP contribution in [0.5, 0.6) is 11.5 Å². The van der Waals surface area contributed by atoms with Crippen LogP contribution in [0.15, 0.2) is 47.3 Å². The highest BCUT2D eigenvalue weighted by Crippen LogP contribution is 2.28. The first-order valence-electron chi connectivity index (χ1n) is 9.67. The summed E-state index contributed by atoms with van der Waals surface area (Å²) in [5.41, 5.74) is 11.2. The summed E-state index contributed by atoms with van der Waals surface area (Å²) >= 11 is 0. The molecule has 0 aliphatic rings. The van der Waals surface area contributed by atoms with Gasteiger partial charge in [-0.1, -0.05) is 30.3 Å². The first kappa shape index (κ1) is 21.2. The second kappa shape index (κ2) is 9.29. The maximum atomic E-state index is 12.4. The fourth-order valence-corrected chi connectivity index (χ4v) is 3.45. The minimum atomic E-state index is -0.175. The molecular weight excluding hydrogens is 378 g/mol. The van der Waals surface area contributed by atoms with Gasteiger partial charge in [0.1, 0.15) is 24.2 Å². The lowest BCUT2D eigenvalue weighted by atomic mass is 9.99. The molecule has 0 saturated carbocycles. The molecule has 6 nitrogen and oxygen atoms in total. The number of benzene rings is 2. The van der Waals surface area contributed by atoms with E-state index in [4.69, 9.17) is 15.2 Å². The first-order chi connectivity index (χ1) is 14.5. The summed E-state index contributed by atoms with van der Waals surface area (Å²) in [4.78, 5) is 15.3. The van der Waals surface area contributed by atoms with Crippen LogP contribution in [0.1, 0.15) is 39.1 Å². The van der Waals surface area contributed by atoms with Crippen molar-refractivity contribution in [3.05, 3.63) is 91.9 Å². The van der Waals surface area contributed by atoms with Gasteiger partial charge in [0.25, 0.3) is 5.56 Å². The van der Waals surface area contributed by atoms with Crippen molar-refractivity contribution in [3.8, 4) is 17.6 Å². The van der Waals surface area contributed by atoms with Gasteiger partial charge in [0.05, 0.1) is 18.2 Å². The predicted molar refractivity (Wildman–Crippen MR) is 116 cm³/mol. The largest absolute Gasteiger partial charge is 0.495 e. The molecule has 1 aromatic heterocycles.